The lowest BCUT2D eigenvalue weighted by Crippen LogP contribution is -2.36. The molecule has 0 unspecified atom stereocenters. The SMILES string of the molecule is CC/C=C(\C=C/N(C)C(F)F)c1nc(CC)c(C(=O)N2CCc3nc[nH]c3C2)o1.Fc1cccc2ccoc12. The van der Waals surface area contributed by atoms with Gasteiger partial charge in [-0.3, -0.25) is 4.79 Å². The number of hydrogen-bond acceptors (Lipinski definition) is 6. The number of aromatic amines is 1. The molecule has 1 aromatic carbocycles. The minimum absolute atomic E-state index is 0.197. The molecule has 0 fully saturated rings. The summed E-state index contributed by atoms with van der Waals surface area (Å²) in [5, 5.41) is 0.806. The van der Waals surface area contributed by atoms with Crippen LogP contribution in [-0.2, 0) is 19.4 Å². The first-order valence-electron chi connectivity index (χ1n) is 12.6. The predicted octanol–water partition coefficient (Wildman–Crippen LogP) is 6.19. The molecule has 0 spiro atoms. The molecule has 1 aliphatic heterocycles. The molecule has 3 aromatic heterocycles. The number of amides is 1. The number of nitrogens with zero attached hydrogens (tertiary/aromatic N) is 4. The van der Waals surface area contributed by atoms with E-state index in [1.807, 2.05) is 26.0 Å². The maximum absolute atomic E-state index is 13.1. The van der Waals surface area contributed by atoms with Crippen molar-refractivity contribution in [2.24, 2.45) is 0 Å². The number of aromatic nitrogens is 3. The maximum atomic E-state index is 13.1. The smallest absolute Gasteiger partial charge is 0.314 e. The largest absolute Gasteiger partial charge is 0.461 e. The first-order chi connectivity index (χ1) is 18.8. The van der Waals surface area contributed by atoms with Crippen LogP contribution in [0.4, 0.5) is 13.2 Å². The van der Waals surface area contributed by atoms with Gasteiger partial charge in [0, 0.05) is 37.2 Å². The third kappa shape index (κ3) is 6.42. The molecule has 0 saturated carbocycles. The second kappa shape index (κ2) is 12.5. The number of hydrogen-bond donors (Lipinski definition) is 1. The fourth-order valence-corrected chi connectivity index (χ4v) is 4.08. The Morgan fingerprint density at radius 2 is 2.10 bits per heavy atom. The summed E-state index contributed by atoms with van der Waals surface area (Å²) >= 11 is 0. The number of furan rings is 1. The van der Waals surface area contributed by atoms with Crippen molar-refractivity contribution in [3.63, 3.8) is 0 Å². The van der Waals surface area contributed by atoms with E-state index in [-0.39, 0.29) is 23.4 Å². The summed E-state index contributed by atoms with van der Waals surface area (Å²) in [7, 11) is 1.28. The monoisotopic (exact) mass is 541 g/mol. The first kappa shape index (κ1) is 27.7. The van der Waals surface area contributed by atoms with E-state index in [4.69, 9.17) is 8.83 Å². The van der Waals surface area contributed by atoms with E-state index in [2.05, 4.69) is 15.0 Å². The number of benzene rings is 1. The van der Waals surface area contributed by atoms with Crippen LogP contribution in [0.25, 0.3) is 16.5 Å². The fourth-order valence-electron chi connectivity index (χ4n) is 4.08. The van der Waals surface area contributed by atoms with Crippen LogP contribution in [-0.4, -0.2) is 50.8 Å². The van der Waals surface area contributed by atoms with Gasteiger partial charge in [0.05, 0.1) is 36.2 Å². The molecule has 1 amide bonds. The van der Waals surface area contributed by atoms with Gasteiger partial charge in [-0.1, -0.05) is 32.1 Å². The number of fused-ring (bicyclic) bond motifs is 2. The van der Waals surface area contributed by atoms with Gasteiger partial charge in [-0.25, -0.2) is 14.4 Å². The fraction of sp³-hybridized carbons (Fsp3) is 0.321. The number of allylic oxidation sites excluding steroid dienone is 3. The Morgan fingerprint density at radius 3 is 2.82 bits per heavy atom. The zero-order valence-corrected chi connectivity index (χ0v) is 22.0. The number of imidazole rings is 1. The zero-order chi connectivity index (χ0) is 27.9. The van der Waals surface area contributed by atoms with Crippen molar-refractivity contribution in [2.45, 2.75) is 46.2 Å². The Balaban J connectivity index is 0.000000292. The van der Waals surface area contributed by atoms with Crippen molar-refractivity contribution in [3.8, 4) is 0 Å². The van der Waals surface area contributed by atoms with E-state index in [1.165, 1.54) is 31.7 Å². The summed E-state index contributed by atoms with van der Waals surface area (Å²) in [6, 6.07) is 6.58. The van der Waals surface area contributed by atoms with E-state index in [0.717, 1.165) is 21.7 Å². The molecule has 39 heavy (non-hydrogen) atoms. The highest BCUT2D eigenvalue weighted by molar-refractivity contribution is 5.93. The highest BCUT2D eigenvalue weighted by Crippen LogP contribution is 2.25. The second-order valence-corrected chi connectivity index (χ2v) is 8.86. The van der Waals surface area contributed by atoms with Crippen molar-refractivity contribution in [1.29, 1.82) is 0 Å². The van der Waals surface area contributed by atoms with E-state index >= 15 is 0 Å². The summed E-state index contributed by atoms with van der Waals surface area (Å²) in [5.74, 6) is -0.0823. The normalized spacial score (nSPS) is 13.6. The topological polar surface area (TPSA) is 91.4 Å². The van der Waals surface area contributed by atoms with Gasteiger partial charge in [-0.05, 0) is 31.1 Å². The van der Waals surface area contributed by atoms with Gasteiger partial charge >= 0.3 is 6.55 Å². The molecule has 0 bridgehead atoms. The lowest BCUT2D eigenvalue weighted by Gasteiger charge is -2.25. The van der Waals surface area contributed by atoms with Crippen LogP contribution in [0.15, 0.2) is 64.0 Å². The minimum atomic E-state index is -2.60. The molecular weight excluding hydrogens is 511 g/mol. The number of carbonyl (C=O) groups is 1. The quantitative estimate of drug-likeness (QED) is 0.222. The molecule has 1 aliphatic rings. The van der Waals surface area contributed by atoms with Crippen LogP contribution < -0.4 is 0 Å². The van der Waals surface area contributed by atoms with Crippen molar-refractivity contribution in [1.82, 2.24) is 24.8 Å². The third-order valence-corrected chi connectivity index (χ3v) is 6.19. The van der Waals surface area contributed by atoms with Gasteiger partial charge in [-0.15, -0.1) is 0 Å². The van der Waals surface area contributed by atoms with E-state index in [9.17, 15) is 18.0 Å². The number of halogens is 3. The molecule has 0 atom stereocenters. The average molecular weight is 542 g/mol. The van der Waals surface area contributed by atoms with E-state index in [1.54, 1.807) is 23.4 Å². The highest BCUT2D eigenvalue weighted by Gasteiger charge is 2.28. The van der Waals surface area contributed by atoms with Gasteiger partial charge in [0.1, 0.15) is 0 Å². The molecule has 11 heteroatoms. The zero-order valence-electron chi connectivity index (χ0n) is 22.0. The van der Waals surface area contributed by atoms with Crippen LogP contribution in [0.5, 0.6) is 0 Å². The number of alkyl halides is 2. The van der Waals surface area contributed by atoms with Crippen LogP contribution in [0.1, 0.15) is 53.8 Å². The summed E-state index contributed by atoms with van der Waals surface area (Å²) < 4.78 is 48.9. The third-order valence-electron chi connectivity index (χ3n) is 6.19. The molecular formula is C28H30F3N5O3. The molecule has 8 nitrogen and oxygen atoms in total. The Kier molecular flexibility index (Phi) is 8.90. The van der Waals surface area contributed by atoms with Gasteiger partial charge in [0.15, 0.2) is 11.4 Å². The van der Waals surface area contributed by atoms with Crippen molar-refractivity contribution in [3.05, 3.63) is 89.8 Å². The molecule has 4 aromatic rings. The minimum Gasteiger partial charge on any atom is -0.461 e. The average Bonchev–Trinajstić information content (AvgIpc) is 3.70. The Hall–Kier alpha value is -4.28. The van der Waals surface area contributed by atoms with Gasteiger partial charge in [0.25, 0.3) is 5.91 Å². The number of oxazole rings is 1. The van der Waals surface area contributed by atoms with Crippen LogP contribution in [0, 0.1) is 5.82 Å². The lowest BCUT2D eigenvalue weighted by atomic mass is 10.1. The Morgan fingerprint density at radius 1 is 1.28 bits per heavy atom. The predicted molar refractivity (Wildman–Crippen MR) is 140 cm³/mol. The summed E-state index contributed by atoms with van der Waals surface area (Å²) in [6.07, 6.45) is 9.60. The van der Waals surface area contributed by atoms with Crippen LogP contribution in [0.3, 0.4) is 0 Å². The van der Waals surface area contributed by atoms with E-state index < -0.39 is 6.55 Å². The Labute approximate surface area is 223 Å². The lowest BCUT2D eigenvalue weighted by molar-refractivity contribution is 0.0228. The van der Waals surface area contributed by atoms with Gasteiger partial charge < -0.3 is 23.6 Å². The molecule has 206 valence electrons. The standard InChI is InChI=1S/C20H25F2N5O2.C8H5FO/c1-4-6-13(7-9-26(3)20(21)22)18-25-14(5-2)17(29-18)19(28)27-10-8-15-16(11-27)24-12-23-15;9-7-3-1-2-6-4-5-10-8(6)7/h6-7,9,12,20H,4-5,8,10-11H2,1-3H3,(H,23,24);1-5H/b9-7-,13-6+;. The molecule has 0 radical (unpaired) electrons. The van der Waals surface area contributed by atoms with Crippen LogP contribution in [0.2, 0.25) is 0 Å². The molecule has 0 saturated heterocycles. The first-order valence-corrected chi connectivity index (χ1v) is 12.6. The summed E-state index contributed by atoms with van der Waals surface area (Å²) in [6.45, 7) is 2.20. The molecule has 5 rings (SSSR count). The number of H-pyrrole nitrogens is 1. The van der Waals surface area contributed by atoms with Crippen molar-refractivity contribution >= 4 is 22.4 Å². The summed E-state index contributed by atoms with van der Waals surface area (Å²) in [5.41, 5.74) is 3.35. The summed E-state index contributed by atoms with van der Waals surface area (Å²) in [4.78, 5) is 27.3. The maximum Gasteiger partial charge on any atom is 0.314 e. The van der Waals surface area contributed by atoms with Crippen LogP contribution >= 0.6 is 0 Å². The number of para-hydroxylation sites is 1. The number of nitrogens with one attached hydrogen (secondary N) is 1. The van der Waals surface area contributed by atoms with Crippen molar-refractivity contribution < 1.29 is 26.8 Å². The highest BCUT2D eigenvalue weighted by atomic mass is 19.3. The number of aryl methyl sites for hydroxylation is 1. The Bertz CT molecular complexity index is 1470. The molecule has 0 aliphatic carbocycles. The van der Waals surface area contributed by atoms with Gasteiger partial charge in [-0.2, -0.15) is 8.78 Å². The second-order valence-electron chi connectivity index (χ2n) is 8.86. The van der Waals surface area contributed by atoms with E-state index in [0.29, 0.717) is 49.2 Å². The van der Waals surface area contributed by atoms with Gasteiger partial charge in [0.2, 0.25) is 11.7 Å². The number of carbonyl (C=O) groups excluding carboxylic acids is 1. The number of rotatable bonds is 7. The molecule has 4 heterocycles. The molecule has 1 N–H and O–H groups in total. The van der Waals surface area contributed by atoms with Crippen molar-refractivity contribution in [2.75, 3.05) is 13.6 Å².